The summed E-state index contributed by atoms with van der Waals surface area (Å²) >= 11 is 0. The maximum atomic E-state index is 12.6. The van der Waals surface area contributed by atoms with Gasteiger partial charge >= 0.3 is 23.9 Å². The summed E-state index contributed by atoms with van der Waals surface area (Å²) in [7, 11) is -10.2. The Hall–Kier alpha value is -9.62. The first-order valence-corrected chi connectivity index (χ1v) is 23.3. The van der Waals surface area contributed by atoms with Gasteiger partial charge in [-0.1, -0.05) is 24.3 Å². The summed E-state index contributed by atoms with van der Waals surface area (Å²) in [5, 5.41) is 83.1. The van der Waals surface area contributed by atoms with E-state index < -0.39 is 87.9 Å². The number of phenolic OH excluding ortho intramolecular Hbond substituents is 2. The molecule has 10 N–H and O–H groups in total. The molecule has 362 valence electrons. The average Bonchev–Trinajstić information content (AvgIpc) is 3.32. The summed E-state index contributed by atoms with van der Waals surface area (Å²) in [6.45, 7) is 0. The summed E-state index contributed by atoms with van der Waals surface area (Å²) in [6.07, 6.45) is 0. The van der Waals surface area contributed by atoms with Crippen molar-refractivity contribution in [3.8, 4) is 22.6 Å². The van der Waals surface area contributed by atoms with Crippen molar-refractivity contribution in [1.29, 1.82) is 0 Å². The van der Waals surface area contributed by atoms with E-state index in [0.29, 0.717) is 22.7 Å². The SMILES string of the molecule is O=C(O)c1cccc(Nc2ccc3c(O)c(N=Nc4ccc(-c5ccc(N=Nc6c(S(=O)(=O)O)cc7cc(Nc8cccc(C(=O)O)c8)ccc7c6O)c(C(=O)O)c5)cc4C(=O)O)c(S(=O)(=O)O)cc3c2)c1. The van der Waals surface area contributed by atoms with Crippen molar-refractivity contribution in [2.24, 2.45) is 20.5 Å². The van der Waals surface area contributed by atoms with Crippen LogP contribution < -0.4 is 10.6 Å². The van der Waals surface area contributed by atoms with Crippen LogP contribution in [0.1, 0.15) is 41.4 Å². The van der Waals surface area contributed by atoms with Crippen molar-refractivity contribution < 1.29 is 75.8 Å². The Balaban J connectivity index is 1.10. The van der Waals surface area contributed by atoms with Crippen molar-refractivity contribution in [2.75, 3.05) is 10.6 Å². The Labute approximate surface area is 404 Å². The highest BCUT2D eigenvalue weighted by atomic mass is 32.2. The molecule has 8 aromatic carbocycles. The average molecular weight is 1010 g/mol. The number of azo groups is 2. The number of benzene rings is 8. The second-order valence-corrected chi connectivity index (χ2v) is 18.2. The van der Waals surface area contributed by atoms with Gasteiger partial charge in [0.25, 0.3) is 20.2 Å². The Morgan fingerprint density at radius 1 is 0.417 bits per heavy atom. The predicted molar refractivity (Wildman–Crippen MR) is 258 cm³/mol. The molecular weight excluding hydrogens is 981 g/mol. The third kappa shape index (κ3) is 10.2. The maximum Gasteiger partial charge on any atom is 0.337 e. The second kappa shape index (κ2) is 19.1. The number of nitrogens with zero attached hydrogens (tertiary/aromatic N) is 4. The van der Waals surface area contributed by atoms with Crippen LogP contribution in [-0.2, 0) is 20.2 Å². The van der Waals surface area contributed by atoms with Gasteiger partial charge in [0, 0.05) is 33.5 Å². The van der Waals surface area contributed by atoms with Crippen LogP contribution in [0.25, 0.3) is 32.7 Å². The van der Waals surface area contributed by atoms with Crippen molar-refractivity contribution in [1.82, 2.24) is 0 Å². The van der Waals surface area contributed by atoms with E-state index in [1.54, 1.807) is 12.1 Å². The lowest BCUT2D eigenvalue weighted by Gasteiger charge is -2.12. The number of carbonyl (C=O) groups is 4. The Kier molecular flexibility index (Phi) is 12.9. The van der Waals surface area contributed by atoms with Crippen LogP contribution in [0.4, 0.5) is 45.5 Å². The van der Waals surface area contributed by atoms with E-state index in [-0.39, 0.29) is 55.2 Å². The molecule has 0 atom stereocenters. The number of aromatic hydroxyl groups is 2. The number of rotatable bonds is 15. The fraction of sp³-hybridized carbons (Fsp3) is 0. The molecule has 0 saturated carbocycles. The molecule has 24 heteroatoms. The first-order valence-electron chi connectivity index (χ1n) is 20.4. The summed E-state index contributed by atoms with van der Waals surface area (Å²) in [6, 6.07) is 29.2. The summed E-state index contributed by atoms with van der Waals surface area (Å²) in [4.78, 5) is 46.1. The number of carboxylic acids is 4. The first kappa shape index (κ1) is 48.8. The highest BCUT2D eigenvalue weighted by Crippen LogP contribution is 2.45. The van der Waals surface area contributed by atoms with Crippen molar-refractivity contribution >= 4 is 111 Å². The Morgan fingerprint density at radius 3 is 1.14 bits per heavy atom. The van der Waals surface area contributed by atoms with Gasteiger partial charge in [0.1, 0.15) is 32.5 Å². The normalized spacial score (nSPS) is 11.9. The smallest absolute Gasteiger partial charge is 0.337 e. The highest BCUT2D eigenvalue weighted by Gasteiger charge is 2.25. The van der Waals surface area contributed by atoms with Gasteiger partial charge in [-0.25, -0.2) is 19.2 Å². The molecule has 8 aromatic rings. The van der Waals surface area contributed by atoms with Gasteiger partial charge in [0.05, 0.1) is 22.3 Å². The molecule has 0 aromatic heterocycles. The fourth-order valence-electron chi connectivity index (χ4n) is 7.39. The van der Waals surface area contributed by atoms with Crippen LogP contribution in [0.3, 0.4) is 0 Å². The molecule has 0 spiro atoms. The minimum Gasteiger partial charge on any atom is -0.505 e. The van der Waals surface area contributed by atoms with Gasteiger partial charge in [-0.05, 0) is 131 Å². The largest absolute Gasteiger partial charge is 0.505 e. The molecule has 0 aliphatic carbocycles. The van der Waals surface area contributed by atoms with E-state index in [1.165, 1.54) is 84.9 Å². The zero-order chi connectivity index (χ0) is 51.8. The third-order valence-electron chi connectivity index (χ3n) is 10.8. The number of carboxylic acid groups (broad SMARTS) is 4. The molecule has 0 amide bonds. The van der Waals surface area contributed by atoms with E-state index in [9.17, 15) is 75.8 Å². The quantitative estimate of drug-likeness (QED) is 0.0337. The molecule has 0 fully saturated rings. The standard InChI is InChI=1S/C48H32N6O16S2/c55-43-33-11-9-31(49-29-5-1-3-25(15-29)45(57)58)17-27(33)21-39(71(65,66)67)41(43)53-51-37-13-7-23(19-35(37)47(61)62)24-8-14-38(36(20-24)48(63)64)52-54-42-40(72(68,69)70)22-28-18-32(10-12-34(28)44(42)56)50-30-6-2-4-26(16-30)46(59)60/h1-22,49-50,55-56H,(H,57,58)(H,59,60)(H,61,62)(H,63,64)(H,65,66,67)(H,68,69,70). The van der Waals surface area contributed by atoms with Gasteiger partial charge in [0.15, 0.2) is 11.5 Å². The number of hydrogen-bond donors (Lipinski definition) is 10. The summed E-state index contributed by atoms with van der Waals surface area (Å²) in [5.41, 5.74) is -1.70. The second-order valence-electron chi connectivity index (χ2n) is 15.5. The van der Waals surface area contributed by atoms with Crippen molar-refractivity contribution in [3.05, 3.63) is 156 Å². The van der Waals surface area contributed by atoms with E-state index in [2.05, 4.69) is 31.1 Å². The number of aromatic carboxylic acids is 4. The molecule has 22 nitrogen and oxygen atoms in total. The van der Waals surface area contributed by atoms with Crippen LogP contribution in [0.2, 0.25) is 0 Å². The molecule has 0 saturated heterocycles. The van der Waals surface area contributed by atoms with Gasteiger partial charge < -0.3 is 41.3 Å². The molecule has 0 radical (unpaired) electrons. The maximum absolute atomic E-state index is 12.6. The van der Waals surface area contributed by atoms with Gasteiger partial charge in [0.2, 0.25) is 0 Å². The predicted octanol–water partition coefficient (Wildman–Crippen LogP) is 10.7. The van der Waals surface area contributed by atoms with Gasteiger partial charge in [-0.3, -0.25) is 9.11 Å². The van der Waals surface area contributed by atoms with Crippen LogP contribution in [0.15, 0.2) is 164 Å². The summed E-state index contributed by atoms with van der Waals surface area (Å²) < 4.78 is 70.7. The molecule has 0 aliphatic heterocycles. The van der Waals surface area contributed by atoms with E-state index in [4.69, 9.17) is 0 Å². The Bertz CT molecular complexity index is 3680. The van der Waals surface area contributed by atoms with Crippen LogP contribution >= 0.6 is 0 Å². The van der Waals surface area contributed by atoms with Crippen molar-refractivity contribution in [3.63, 3.8) is 0 Å². The number of nitrogens with one attached hydrogen (secondary N) is 2. The molecule has 0 heterocycles. The highest BCUT2D eigenvalue weighted by molar-refractivity contribution is 7.86. The zero-order valence-corrected chi connectivity index (χ0v) is 37.8. The van der Waals surface area contributed by atoms with Crippen LogP contribution in [-0.4, -0.2) is 80.5 Å². The van der Waals surface area contributed by atoms with Crippen molar-refractivity contribution in [2.45, 2.75) is 9.79 Å². The van der Waals surface area contributed by atoms with Crippen LogP contribution in [0.5, 0.6) is 11.5 Å². The van der Waals surface area contributed by atoms with Gasteiger partial charge in [-0.15, -0.1) is 20.5 Å². The summed E-state index contributed by atoms with van der Waals surface area (Å²) in [5.74, 6) is -6.98. The number of phenols is 2. The molecule has 8 rings (SSSR count). The van der Waals surface area contributed by atoms with E-state index in [0.717, 1.165) is 36.4 Å². The van der Waals surface area contributed by atoms with Gasteiger partial charge in [-0.2, -0.15) is 16.8 Å². The minimum atomic E-state index is -5.12. The lowest BCUT2D eigenvalue weighted by molar-refractivity contribution is 0.0686. The first-order chi connectivity index (χ1) is 34.0. The number of anilines is 4. The molecule has 0 aliphatic rings. The van der Waals surface area contributed by atoms with Crippen LogP contribution in [0, 0.1) is 0 Å². The number of fused-ring (bicyclic) bond motifs is 2. The monoisotopic (exact) mass is 1010 g/mol. The molecule has 72 heavy (non-hydrogen) atoms. The van der Waals surface area contributed by atoms with E-state index >= 15 is 0 Å². The van der Waals surface area contributed by atoms with E-state index in [1.807, 2.05) is 0 Å². The molecular formula is C48H32N6O16S2. The molecule has 0 bridgehead atoms. The Morgan fingerprint density at radius 2 is 0.792 bits per heavy atom. The third-order valence-corrected chi connectivity index (χ3v) is 12.5. The zero-order valence-electron chi connectivity index (χ0n) is 36.2. The fourth-order valence-corrected chi connectivity index (χ4v) is 8.71. The molecule has 0 unspecified atom stereocenters. The lowest BCUT2D eigenvalue weighted by Crippen LogP contribution is -2.00. The number of hydrogen-bond acceptors (Lipinski definition) is 16. The lowest BCUT2D eigenvalue weighted by atomic mass is 9.99. The topological polar surface area (TPSA) is 372 Å². The minimum absolute atomic E-state index is 0.00828.